The van der Waals surface area contributed by atoms with E-state index in [1.165, 1.54) is 11.6 Å². The lowest BCUT2D eigenvalue weighted by molar-refractivity contribution is 0.308. The number of anilines is 1. The molecule has 106 valence electrons. The molecule has 0 unspecified atom stereocenters. The van der Waals surface area contributed by atoms with Crippen LogP contribution in [0, 0.1) is 12.7 Å². The number of ether oxygens (including phenoxy) is 1. The van der Waals surface area contributed by atoms with Crippen molar-refractivity contribution in [3.05, 3.63) is 59.9 Å². The van der Waals surface area contributed by atoms with Gasteiger partial charge in [-0.1, -0.05) is 24.3 Å². The Balaban J connectivity index is 1.61. The van der Waals surface area contributed by atoms with Crippen molar-refractivity contribution >= 4 is 5.69 Å². The molecule has 0 saturated carbocycles. The predicted molar refractivity (Wildman–Crippen MR) is 80.8 cm³/mol. The van der Waals surface area contributed by atoms with E-state index in [9.17, 15) is 4.39 Å². The maximum absolute atomic E-state index is 13.3. The van der Waals surface area contributed by atoms with Crippen molar-refractivity contribution in [1.29, 1.82) is 0 Å². The molecule has 2 rings (SSSR count). The highest BCUT2D eigenvalue weighted by atomic mass is 19.1. The van der Waals surface area contributed by atoms with Gasteiger partial charge in [0.25, 0.3) is 0 Å². The van der Waals surface area contributed by atoms with Crippen molar-refractivity contribution < 1.29 is 9.13 Å². The van der Waals surface area contributed by atoms with Crippen LogP contribution in [0.5, 0.6) is 5.75 Å². The summed E-state index contributed by atoms with van der Waals surface area (Å²) in [6.07, 6.45) is 1.88. The minimum absolute atomic E-state index is 0.205. The van der Waals surface area contributed by atoms with E-state index < -0.39 is 0 Å². The molecule has 0 amide bonds. The van der Waals surface area contributed by atoms with Crippen molar-refractivity contribution in [3.8, 4) is 5.75 Å². The molecule has 0 heterocycles. The van der Waals surface area contributed by atoms with Crippen molar-refractivity contribution in [2.75, 3.05) is 18.5 Å². The van der Waals surface area contributed by atoms with Gasteiger partial charge in [-0.05, 0) is 49.6 Å². The molecule has 2 aromatic carbocycles. The second kappa shape index (κ2) is 7.53. The SMILES string of the molecule is Cc1cccc(OCCCCNc2ccccc2F)c1. The van der Waals surface area contributed by atoms with Gasteiger partial charge in [-0.15, -0.1) is 0 Å². The lowest BCUT2D eigenvalue weighted by atomic mass is 10.2. The first-order chi connectivity index (χ1) is 9.75. The van der Waals surface area contributed by atoms with Crippen LogP contribution in [0.15, 0.2) is 48.5 Å². The van der Waals surface area contributed by atoms with Gasteiger partial charge in [-0.2, -0.15) is 0 Å². The number of aryl methyl sites for hydroxylation is 1. The molecule has 0 fully saturated rings. The smallest absolute Gasteiger partial charge is 0.146 e. The summed E-state index contributed by atoms with van der Waals surface area (Å²) in [4.78, 5) is 0. The standard InChI is InChI=1S/C17H20FNO/c1-14-7-6-8-15(13-14)20-12-5-4-11-19-17-10-3-2-9-16(17)18/h2-3,6-10,13,19H,4-5,11-12H2,1H3. The minimum Gasteiger partial charge on any atom is -0.494 e. The first-order valence-corrected chi connectivity index (χ1v) is 6.93. The number of benzene rings is 2. The van der Waals surface area contributed by atoms with Crippen LogP contribution in [0.1, 0.15) is 18.4 Å². The van der Waals surface area contributed by atoms with E-state index >= 15 is 0 Å². The fourth-order valence-corrected chi connectivity index (χ4v) is 1.95. The summed E-state index contributed by atoms with van der Waals surface area (Å²) in [6.45, 7) is 3.48. The monoisotopic (exact) mass is 273 g/mol. The van der Waals surface area contributed by atoms with Gasteiger partial charge in [-0.3, -0.25) is 0 Å². The second-order valence-corrected chi connectivity index (χ2v) is 4.78. The number of hydrogen-bond acceptors (Lipinski definition) is 2. The maximum Gasteiger partial charge on any atom is 0.146 e. The molecule has 0 aliphatic carbocycles. The van der Waals surface area contributed by atoms with Gasteiger partial charge in [-0.25, -0.2) is 4.39 Å². The predicted octanol–water partition coefficient (Wildman–Crippen LogP) is 4.41. The minimum atomic E-state index is -0.205. The highest BCUT2D eigenvalue weighted by Crippen LogP contribution is 2.14. The summed E-state index contributed by atoms with van der Waals surface area (Å²) in [5.74, 6) is 0.704. The van der Waals surface area contributed by atoms with E-state index in [1.54, 1.807) is 12.1 Å². The Morgan fingerprint density at radius 1 is 1.05 bits per heavy atom. The molecule has 0 aliphatic heterocycles. The molecule has 0 atom stereocenters. The Morgan fingerprint density at radius 2 is 1.90 bits per heavy atom. The van der Waals surface area contributed by atoms with Crippen molar-refractivity contribution in [2.24, 2.45) is 0 Å². The molecule has 3 heteroatoms. The molecular weight excluding hydrogens is 253 g/mol. The van der Waals surface area contributed by atoms with Crippen LogP contribution in [0.25, 0.3) is 0 Å². The van der Waals surface area contributed by atoms with Gasteiger partial charge in [0.05, 0.1) is 12.3 Å². The fraction of sp³-hybridized carbons (Fsp3) is 0.294. The Labute approximate surface area is 119 Å². The topological polar surface area (TPSA) is 21.3 Å². The first-order valence-electron chi connectivity index (χ1n) is 6.93. The zero-order valence-corrected chi connectivity index (χ0v) is 11.7. The van der Waals surface area contributed by atoms with Gasteiger partial charge < -0.3 is 10.1 Å². The molecule has 0 aliphatic rings. The number of nitrogens with one attached hydrogen (secondary N) is 1. The van der Waals surface area contributed by atoms with Crippen molar-refractivity contribution in [3.63, 3.8) is 0 Å². The van der Waals surface area contributed by atoms with Gasteiger partial charge in [0.2, 0.25) is 0 Å². The number of unbranched alkanes of at least 4 members (excludes halogenated alkanes) is 1. The first kappa shape index (κ1) is 14.4. The van der Waals surface area contributed by atoms with Crippen LogP contribution < -0.4 is 10.1 Å². The Hall–Kier alpha value is -2.03. The van der Waals surface area contributed by atoms with Gasteiger partial charge in [0.1, 0.15) is 11.6 Å². The molecule has 1 N–H and O–H groups in total. The molecule has 0 bridgehead atoms. The number of halogens is 1. The summed E-state index contributed by atoms with van der Waals surface area (Å²) >= 11 is 0. The van der Waals surface area contributed by atoms with Crippen LogP contribution in [0.2, 0.25) is 0 Å². The Kier molecular flexibility index (Phi) is 5.42. The summed E-state index contributed by atoms with van der Waals surface area (Å²) in [6, 6.07) is 14.8. The van der Waals surface area contributed by atoms with Crippen molar-refractivity contribution in [1.82, 2.24) is 0 Å². The highest BCUT2D eigenvalue weighted by molar-refractivity contribution is 5.44. The Morgan fingerprint density at radius 3 is 2.70 bits per heavy atom. The third-order valence-electron chi connectivity index (χ3n) is 3.02. The average Bonchev–Trinajstić information content (AvgIpc) is 2.44. The summed E-state index contributed by atoms with van der Waals surface area (Å²) in [7, 11) is 0. The third-order valence-corrected chi connectivity index (χ3v) is 3.02. The van der Waals surface area contributed by atoms with Gasteiger partial charge in [0.15, 0.2) is 0 Å². The molecule has 0 radical (unpaired) electrons. The van der Waals surface area contributed by atoms with E-state index in [0.29, 0.717) is 12.3 Å². The molecular formula is C17H20FNO. The summed E-state index contributed by atoms with van der Waals surface area (Å²) < 4.78 is 19.0. The largest absolute Gasteiger partial charge is 0.494 e. The summed E-state index contributed by atoms with van der Waals surface area (Å²) in [5.41, 5.74) is 1.76. The molecule has 20 heavy (non-hydrogen) atoms. The van der Waals surface area contributed by atoms with E-state index in [1.807, 2.05) is 37.3 Å². The van der Waals surface area contributed by atoms with Gasteiger partial charge in [0, 0.05) is 6.54 Å². The van der Waals surface area contributed by atoms with E-state index in [0.717, 1.165) is 25.1 Å². The second-order valence-electron chi connectivity index (χ2n) is 4.78. The molecule has 0 saturated heterocycles. The van der Waals surface area contributed by atoms with Crippen LogP contribution in [0.4, 0.5) is 10.1 Å². The van der Waals surface area contributed by atoms with Crippen molar-refractivity contribution in [2.45, 2.75) is 19.8 Å². The summed E-state index contributed by atoms with van der Waals surface area (Å²) in [5, 5.41) is 3.09. The van der Waals surface area contributed by atoms with E-state index in [2.05, 4.69) is 5.32 Å². The number of para-hydroxylation sites is 1. The lowest BCUT2D eigenvalue weighted by Crippen LogP contribution is -2.05. The normalized spacial score (nSPS) is 10.3. The van der Waals surface area contributed by atoms with E-state index in [4.69, 9.17) is 4.74 Å². The zero-order valence-electron chi connectivity index (χ0n) is 11.7. The third kappa shape index (κ3) is 4.57. The Bertz CT molecular complexity index is 542. The molecule has 2 aromatic rings. The number of hydrogen-bond donors (Lipinski definition) is 1. The molecule has 2 nitrogen and oxygen atoms in total. The fourth-order valence-electron chi connectivity index (χ4n) is 1.95. The van der Waals surface area contributed by atoms with Crippen LogP contribution >= 0.6 is 0 Å². The maximum atomic E-state index is 13.3. The van der Waals surface area contributed by atoms with Crippen LogP contribution in [0.3, 0.4) is 0 Å². The van der Waals surface area contributed by atoms with E-state index in [-0.39, 0.29) is 5.82 Å². The van der Waals surface area contributed by atoms with Gasteiger partial charge >= 0.3 is 0 Å². The van der Waals surface area contributed by atoms with Crippen LogP contribution in [-0.2, 0) is 0 Å². The highest BCUT2D eigenvalue weighted by Gasteiger charge is 1.99. The quantitative estimate of drug-likeness (QED) is 0.755. The molecule has 0 spiro atoms. The average molecular weight is 273 g/mol. The van der Waals surface area contributed by atoms with Crippen LogP contribution in [-0.4, -0.2) is 13.2 Å². The number of rotatable bonds is 7. The zero-order chi connectivity index (χ0) is 14.2. The lowest BCUT2D eigenvalue weighted by Gasteiger charge is -2.08. The molecule has 0 aromatic heterocycles.